The number of methoxy groups -OCH3 is 1. The lowest BCUT2D eigenvalue weighted by Crippen LogP contribution is -2.18. The Balaban J connectivity index is 2.90. The number of nitrogens with two attached hydrogens (primary N) is 1. The molecule has 0 heterocycles. The maximum absolute atomic E-state index is 5.79. The Bertz CT molecular complexity index is 391. The summed E-state index contributed by atoms with van der Waals surface area (Å²) in [4.78, 5) is 0. The van der Waals surface area contributed by atoms with Crippen molar-refractivity contribution in [2.75, 3.05) is 13.7 Å². The smallest absolute Gasteiger partial charge is 0.126 e. The van der Waals surface area contributed by atoms with E-state index in [9.17, 15) is 0 Å². The van der Waals surface area contributed by atoms with Crippen LogP contribution in [0.4, 0.5) is 0 Å². The SMILES string of the molecule is C=C(Cl)COc1cc(OC)ccc1CC(C)N. The van der Waals surface area contributed by atoms with Crippen LogP contribution in [-0.4, -0.2) is 19.8 Å². The molecule has 1 atom stereocenters. The van der Waals surface area contributed by atoms with Crippen LogP contribution >= 0.6 is 11.6 Å². The highest BCUT2D eigenvalue weighted by Gasteiger charge is 2.08. The van der Waals surface area contributed by atoms with Crippen LogP contribution < -0.4 is 15.2 Å². The van der Waals surface area contributed by atoms with Gasteiger partial charge in [-0.2, -0.15) is 0 Å². The zero-order valence-corrected chi connectivity index (χ0v) is 11.0. The van der Waals surface area contributed by atoms with Crippen molar-refractivity contribution in [1.29, 1.82) is 0 Å². The summed E-state index contributed by atoms with van der Waals surface area (Å²) in [6, 6.07) is 5.75. The summed E-state index contributed by atoms with van der Waals surface area (Å²) in [5.74, 6) is 1.48. The molecule has 0 fully saturated rings. The van der Waals surface area contributed by atoms with E-state index in [1.54, 1.807) is 7.11 Å². The zero-order chi connectivity index (χ0) is 12.8. The van der Waals surface area contributed by atoms with Crippen LogP contribution in [0.1, 0.15) is 12.5 Å². The molecule has 0 bridgehead atoms. The van der Waals surface area contributed by atoms with E-state index < -0.39 is 0 Å². The Morgan fingerprint density at radius 2 is 2.24 bits per heavy atom. The third kappa shape index (κ3) is 4.67. The first-order valence-electron chi connectivity index (χ1n) is 5.41. The summed E-state index contributed by atoms with van der Waals surface area (Å²) < 4.78 is 10.7. The first-order chi connectivity index (χ1) is 8.02. The highest BCUT2D eigenvalue weighted by molar-refractivity contribution is 6.29. The van der Waals surface area contributed by atoms with Crippen LogP contribution in [-0.2, 0) is 6.42 Å². The van der Waals surface area contributed by atoms with Crippen molar-refractivity contribution in [3.63, 3.8) is 0 Å². The third-order valence-electron chi connectivity index (χ3n) is 2.20. The minimum atomic E-state index is 0.0740. The maximum atomic E-state index is 5.79. The van der Waals surface area contributed by atoms with Gasteiger partial charge in [-0.3, -0.25) is 0 Å². The van der Waals surface area contributed by atoms with Gasteiger partial charge in [-0.05, 0) is 25.0 Å². The highest BCUT2D eigenvalue weighted by Crippen LogP contribution is 2.26. The van der Waals surface area contributed by atoms with Gasteiger partial charge in [-0.25, -0.2) is 0 Å². The van der Waals surface area contributed by atoms with Crippen molar-refractivity contribution in [1.82, 2.24) is 0 Å². The van der Waals surface area contributed by atoms with Crippen LogP contribution in [0.3, 0.4) is 0 Å². The molecule has 0 saturated heterocycles. The molecule has 0 aliphatic rings. The Morgan fingerprint density at radius 1 is 1.53 bits per heavy atom. The molecular weight excluding hydrogens is 238 g/mol. The van der Waals surface area contributed by atoms with E-state index in [4.69, 9.17) is 26.8 Å². The number of benzene rings is 1. The predicted molar refractivity (Wildman–Crippen MR) is 70.8 cm³/mol. The molecule has 3 nitrogen and oxygen atoms in total. The zero-order valence-electron chi connectivity index (χ0n) is 10.2. The summed E-state index contributed by atoms with van der Waals surface area (Å²) in [5, 5.41) is 0.458. The molecular formula is C13H18ClNO2. The normalized spacial score (nSPS) is 12.0. The van der Waals surface area contributed by atoms with Crippen molar-refractivity contribution in [2.24, 2.45) is 5.73 Å². The average molecular weight is 256 g/mol. The topological polar surface area (TPSA) is 44.5 Å². The number of halogens is 1. The largest absolute Gasteiger partial charge is 0.497 e. The monoisotopic (exact) mass is 255 g/mol. The Labute approximate surface area is 107 Å². The third-order valence-corrected chi connectivity index (χ3v) is 2.31. The van der Waals surface area contributed by atoms with Crippen LogP contribution in [0, 0.1) is 0 Å². The van der Waals surface area contributed by atoms with Crippen molar-refractivity contribution < 1.29 is 9.47 Å². The molecule has 0 radical (unpaired) electrons. The number of ether oxygens (including phenoxy) is 2. The molecule has 0 saturated carbocycles. The average Bonchev–Trinajstić information content (AvgIpc) is 2.27. The first-order valence-corrected chi connectivity index (χ1v) is 5.79. The van der Waals surface area contributed by atoms with E-state index >= 15 is 0 Å². The van der Waals surface area contributed by atoms with Crippen molar-refractivity contribution in [3.05, 3.63) is 35.4 Å². The predicted octanol–water partition coefficient (Wildman–Crippen LogP) is 2.72. The molecule has 0 aliphatic carbocycles. The molecule has 0 spiro atoms. The van der Waals surface area contributed by atoms with Gasteiger partial charge in [-0.15, -0.1) is 0 Å². The summed E-state index contributed by atoms with van der Waals surface area (Å²) in [5.41, 5.74) is 6.83. The Hall–Kier alpha value is -1.19. The van der Waals surface area contributed by atoms with Crippen molar-refractivity contribution in [2.45, 2.75) is 19.4 Å². The Kier molecular flexibility index (Phi) is 5.32. The van der Waals surface area contributed by atoms with Crippen molar-refractivity contribution >= 4 is 11.6 Å². The van der Waals surface area contributed by atoms with Gasteiger partial charge in [0.25, 0.3) is 0 Å². The lowest BCUT2D eigenvalue weighted by molar-refractivity contribution is 0.349. The summed E-state index contributed by atoms with van der Waals surface area (Å²) in [6.45, 7) is 5.82. The first kappa shape index (κ1) is 13.9. The highest BCUT2D eigenvalue weighted by atomic mass is 35.5. The number of hydrogen-bond acceptors (Lipinski definition) is 3. The minimum Gasteiger partial charge on any atom is -0.497 e. The standard InChI is InChI=1S/C13H18ClNO2/c1-9(14)8-17-13-7-12(16-3)5-4-11(13)6-10(2)15/h4-5,7,10H,1,6,8,15H2,2-3H3. The second-order valence-corrected chi connectivity index (χ2v) is 4.50. The molecule has 0 amide bonds. The lowest BCUT2D eigenvalue weighted by Gasteiger charge is -2.14. The molecule has 4 heteroatoms. The van der Waals surface area contributed by atoms with E-state index in [2.05, 4.69) is 6.58 Å². The molecule has 0 aromatic heterocycles. The number of hydrogen-bond donors (Lipinski definition) is 1. The quantitative estimate of drug-likeness (QED) is 0.850. The molecule has 1 unspecified atom stereocenters. The van der Waals surface area contributed by atoms with Crippen LogP contribution in [0.15, 0.2) is 29.8 Å². The second-order valence-electron chi connectivity index (χ2n) is 3.96. The molecule has 0 aliphatic heterocycles. The maximum Gasteiger partial charge on any atom is 0.126 e. The molecule has 1 aromatic carbocycles. The number of rotatable bonds is 6. The molecule has 1 aromatic rings. The van der Waals surface area contributed by atoms with Gasteiger partial charge in [-0.1, -0.05) is 24.2 Å². The fourth-order valence-electron chi connectivity index (χ4n) is 1.47. The molecule has 2 N–H and O–H groups in total. The van der Waals surface area contributed by atoms with E-state index in [1.807, 2.05) is 25.1 Å². The van der Waals surface area contributed by atoms with Gasteiger partial charge in [0, 0.05) is 17.1 Å². The van der Waals surface area contributed by atoms with Crippen LogP contribution in [0.5, 0.6) is 11.5 Å². The minimum absolute atomic E-state index is 0.0740. The van der Waals surface area contributed by atoms with E-state index in [0.717, 1.165) is 23.5 Å². The van der Waals surface area contributed by atoms with Crippen molar-refractivity contribution in [3.8, 4) is 11.5 Å². The molecule has 94 valence electrons. The summed E-state index contributed by atoms with van der Waals surface area (Å²) in [7, 11) is 1.62. The fraction of sp³-hybridized carbons (Fsp3) is 0.385. The summed E-state index contributed by atoms with van der Waals surface area (Å²) in [6.07, 6.45) is 0.744. The van der Waals surface area contributed by atoms with Gasteiger partial charge in [0.1, 0.15) is 18.1 Å². The fourth-order valence-corrected chi connectivity index (χ4v) is 1.52. The van der Waals surface area contributed by atoms with E-state index in [-0.39, 0.29) is 12.6 Å². The lowest BCUT2D eigenvalue weighted by atomic mass is 10.1. The van der Waals surface area contributed by atoms with Crippen LogP contribution in [0.25, 0.3) is 0 Å². The Morgan fingerprint density at radius 3 is 2.76 bits per heavy atom. The van der Waals surface area contributed by atoms with Crippen LogP contribution in [0.2, 0.25) is 0 Å². The second kappa shape index (κ2) is 6.52. The van der Waals surface area contributed by atoms with Gasteiger partial charge in [0.15, 0.2) is 0 Å². The van der Waals surface area contributed by atoms with E-state index in [0.29, 0.717) is 5.03 Å². The van der Waals surface area contributed by atoms with Gasteiger partial charge >= 0.3 is 0 Å². The van der Waals surface area contributed by atoms with Gasteiger partial charge in [0.2, 0.25) is 0 Å². The van der Waals surface area contributed by atoms with Gasteiger partial charge in [0.05, 0.1) is 7.11 Å². The molecule has 17 heavy (non-hydrogen) atoms. The van der Waals surface area contributed by atoms with Gasteiger partial charge < -0.3 is 15.2 Å². The molecule has 1 rings (SSSR count). The van der Waals surface area contributed by atoms with E-state index in [1.165, 1.54) is 0 Å². The summed E-state index contributed by atoms with van der Waals surface area (Å²) >= 11 is 5.68.